The molecular weight excluding hydrogens is 162 g/mol. The molecule has 0 fully saturated rings. The maximum absolute atomic E-state index is 8.56. The lowest BCUT2D eigenvalue weighted by Crippen LogP contribution is -1.87. The van der Waals surface area contributed by atoms with Crippen molar-refractivity contribution in [1.82, 2.24) is 0 Å². The van der Waals surface area contributed by atoms with E-state index >= 15 is 0 Å². The van der Waals surface area contributed by atoms with E-state index in [1.165, 1.54) is 0 Å². The van der Waals surface area contributed by atoms with E-state index < -0.39 is 0 Å². The summed E-state index contributed by atoms with van der Waals surface area (Å²) in [4.78, 5) is 4.20. The third-order valence-electron chi connectivity index (χ3n) is 1.77. The van der Waals surface area contributed by atoms with Gasteiger partial charge in [0, 0.05) is 18.5 Å². The molecule has 2 heteroatoms. The molecule has 13 heavy (non-hydrogen) atoms. The van der Waals surface area contributed by atoms with Crippen molar-refractivity contribution in [2.75, 3.05) is 6.61 Å². The summed E-state index contributed by atoms with van der Waals surface area (Å²) in [7, 11) is 0. The van der Waals surface area contributed by atoms with Crippen LogP contribution in [0.25, 0.3) is 0 Å². The summed E-state index contributed by atoms with van der Waals surface area (Å²) in [6.45, 7) is 8.05. The van der Waals surface area contributed by atoms with E-state index in [9.17, 15) is 0 Å². The number of hydrogen-bond acceptors (Lipinski definition) is 2. The zero-order chi connectivity index (χ0) is 10.1. The Labute approximate surface area is 80.7 Å². The van der Waals surface area contributed by atoms with Crippen LogP contribution in [0.3, 0.4) is 0 Å². The van der Waals surface area contributed by atoms with E-state index in [0.29, 0.717) is 0 Å². The smallest absolute Gasteiger partial charge is 0.0431 e. The van der Waals surface area contributed by atoms with E-state index in [4.69, 9.17) is 5.11 Å². The Morgan fingerprint density at radius 1 is 1.46 bits per heavy atom. The molecule has 0 radical (unpaired) electrons. The lowest BCUT2D eigenvalue weighted by Gasteiger charge is -1.97. The molecule has 0 aliphatic rings. The van der Waals surface area contributed by atoms with Crippen molar-refractivity contribution in [1.29, 1.82) is 0 Å². The third-order valence-corrected chi connectivity index (χ3v) is 1.77. The van der Waals surface area contributed by atoms with Crippen LogP contribution in [0, 0.1) is 0 Å². The van der Waals surface area contributed by atoms with Gasteiger partial charge in [0.1, 0.15) is 0 Å². The van der Waals surface area contributed by atoms with Gasteiger partial charge in [0.2, 0.25) is 0 Å². The van der Waals surface area contributed by atoms with Gasteiger partial charge in [-0.2, -0.15) is 0 Å². The molecule has 0 atom stereocenters. The Balaban J connectivity index is 3.68. The van der Waals surface area contributed by atoms with Gasteiger partial charge in [0.25, 0.3) is 0 Å². The van der Waals surface area contributed by atoms with Crippen LogP contribution in [0.5, 0.6) is 0 Å². The highest BCUT2D eigenvalue weighted by Gasteiger charge is 1.90. The van der Waals surface area contributed by atoms with E-state index in [1.54, 1.807) is 6.21 Å². The van der Waals surface area contributed by atoms with Gasteiger partial charge in [-0.25, -0.2) is 0 Å². The van der Waals surface area contributed by atoms with Crippen molar-refractivity contribution in [2.45, 2.75) is 33.1 Å². The Bertz CT molecular complexity index is 204. The number of aliphatic imine (C=N–C) groups is 1. The molecule has 1 N–H and O–H groups in total. The molecule has 0 rings (SSSR count). The molecule has 0 saturated carbocycles. The normalized spacial score (nSPS) is 12.4. The minimum atomic E-state index is 0.262. The zero-order valence-electron chi connectivity index (χ0n) is 8.58. The molecular formula is C11H19NO. The maximum Gasteiger partial charge on any atom is 0.0431 e. The fourth-order valence-electron chi connectivity index (χ4n) is 0.796. The first-order chi connectivity index (χ1) is 6.20. The zero-order valence-corrected chi connectivity index (χ0v) is 8.58. The maximum atomic E-state index is 8.56. The highest BCUT2D eigenvalue weighted by molar-refractivity contribution is 5.78. The summed E-state index contributed by atoms with van der Waals surface area (Å²) in [6.07, 6.45) is 6.50. The predicted octanol–water partition coefficient (Wildman–Crippen LogP) is 2.70. The van der Waals surface area contributed by atoms with Gasteiger partial charge in [0.05, 0.1) is 0 Å². The van der Waals surface area contributed by atoms with Gasteiger partial charge in [-0.05, 0) is 38.7 Å². The van der Waals surface area contributed by atoms with Crippen LogP contribution < -0.4 is 0 Å². The lowest BCUT2D eigenvalue weighted by molar-refractivity contribution is 0.285. The minimum Gasteiger partial charge on any atom is -0.396 e. The monoisotopic (exact) mass is 181 g/mol. The van der Waals surface area contributed by atoms with Crippen molar-refractivity contribution in [3.63, 3.8) is 0 Å². The van der Waals surface area contributed by atoms with Gasteiger partial charge < -0.3 is 5.11 Å². The number of aliphatic hydroxyl groups excluding tert-OH is 1. The van der Waals surface area contributed by atoms with Gasteiger partial charge in [-0.15, -0.1) is 0 Å². The summed E-state index contributed by atoms with van der Waals surface area (Å²) >= 11 is 0. The lowest BCUT2D eigenvalue weighted by atomic mass is 10.1. The average molecular weight is 181 g/mol. The quantitative estimate of drug-likeness (QED) is 0.496. The molecule has 0 spiro atoms. The van der Waals surface area contributed by atoms with E-state index in [2.05, 4.69) is 11.6 Å². The molecule has 2 nitrogen and oxygen atoms in total. The first-order valence-electron chi connectivity index (χ1n) is 4.66. The van der Waals surface area contributed by atoms with Gasteiger partial charge in [0.15, 0.2) is 0 Å². The van der Waals surface area contributed by atoms with Crippen LogP contribution in [0.4, 0.5) is 0 Å². The van der Waals surface area contributed by atoms with Crippen LogP contribution in [0.2, 0.25) is 0 Å². The largest absolute Gasteiger partial charge is 0.396 e. The first kappa shape index (κ1) is 12.1. The minimum absolute atomic E-state index is 0.262. The fraction of sp³-hybridized carbons (Fsp3) is 0.545. The molecule has 74 valence electrons. The first-order valence-corrected chi connectivity index (χ1v) is 4.66. The standard InChI is InChI=1S/C11H19NO/c1-4-11(3)12-9-10(2)7-5-6-8-13/h4,9,13H,2,5-8H2,1,3H3/b11-4-,12-9?. The van der Waals surface area contributed by atoms with Crippen molar-refractivity contribution >= 4 is 6.21 Å². The second kappa shape index (κ2) is 7.74. The van der Waals surface area contributed by atoms with Crippen molar-refractivity contribution in [2.24, 2.45) is 4.99 Å². The number of allylic oxidation sites excluding steroid dienone is 3. The number of aliphatic hydroxyl groups is 1. The third kappa shape index (κ3) is 7.47. The van der Waals surface area contributed by atoms with Crippen LogP contribution in [0.15, 0.2) is 28.9 Å². The summed E-state index contributed by atoms with van der Waals surface area (Å²) in [5, 5.41) is 8.56. The topological polar surface area (TPSA) is 32.6 Å². The molecule has 0 bridgehead atoms. The van der Waals surface area contributed by atoms with Gasteiger partial charge in [-0.1, -0.05) is 12.7 Å². The molecule has 0 aromatic heterocycles. The number of rotatable bonds is 6. The highest BCUT2D eigenvalue weighted by Crippen LogP contribution is 2.03. The Kier molecular flexibility index (Phi) is 7.21. The highest BCUT2D eigenvalue weighted by atomic mass is 16.2. The Hall–Kier alpha value is -0.890. The SMILES string of the molecule is C=C(C=N/C(C)=C\C)CCCCO. The molecule has 0 aliphatic carbocycles. The Morgan fingerprint density at radius 2 is 2.15 bits per heavy atom. The number of nitrogens with zero attached hydrogens (tertiary/aromatic N) is 1. The van der Waals surface area contributed by atoms with Crippen LogP contribution in [0.1, 0.15) is 33.1 Å². The van der Waals surface area contributed by atoms with Crippen LogP contribution in [-0.4, -0.2) is 17.9 Å². The van der Waals surface area contributed by atoms with Crippen molar-refractivity contribution < 1.29 is 5.11 Å². The summed E-state index contributed by atoms with van der Waals surface area (Å²) < 4.78 is 0. The molecule has 0 unspecified atom stereocenters. The van der Waals surface area contributed by atoms with Gasteiger partial charge >= 0.3 is 0 Å². The molecule has 0 aromatic carbocycles. The van der Waals surface area contributed by atoms with Crippen molar-refractivity contribution in [3.8, 4) is 0 Å². The number of hydrogen-bond donors (Lipinski definition) is 1. The molecule has 0 heterocycles. The molecule has 0 aliphatic heterocycles. The second-order valence-corrected chi connectivity index (χ2v) is 3.03. The average Bonchev–Trinajstić information content (AvgIpc) is 2.14. The second-order valence-electron chi connectivity index (χ2n) is 3.03. The number of unbranched alkanes of at least 4 members (excludes halogenated alkanes) is 1. The summed E-state index contributed by atoms with van der Waals surface area (Å²) in [5.74, 6) is 0. The van der Waals surface area contributed by atoms with Crippen molar-refractivity contribution in [3.05, 3.63) is 23.9 Å². The molecule has 0 aromatic rings. The van der Waals surface area contributed by atoms with Crippen LogP contribution in [-0.2, 0) is 0 Å². The Morgan fingerprint density at radius 3 is 2.69 bits per heavy atom. The van der Waals surface area contributed by atoms with Crippen LogP contribution >= 0.6 is 0 Å². The van der Waals surface area contributed by atoms with E-state index in [-0.39, 0.29) is 6.61 Å². The summed E-state index contributed by atoms with van der Waals surface area (Å²) in [5.41, 5.74) is 2.03. The predicted molar refractivity (Wildman–Crippen MR) is 58.0 cm³/mol. The molecule has 0 saturated heterocycles. The van der Waals surface area contributed by atoms with E-state index in [0.717, 1.165) is 30.5 Å². The van der Waals surface area contributed by atoms with Gasteiger partial charge in [-0.3, -0.25) is 4.99 Å². The van der Waals surface area contributed by atoms with E-state index in [1.807, 2.05) is 19.9 Å². The fourth-order valence-corrected chi connectivity index (χ4v) is 0.796. The molecule has 0 amide bonds. The summed E-state index contributed by atoms with van der Waals surface area (Å²) in [6, 6.07) is 0.